The molecular weight excluding hydrogens is 356 g/mol. The molecule has 3 rings (SSSR count). The van der Waals surface area contributed by atoms with Gasteiger partial charge in [-0.1, -0.05) is 18.2 Å². The summed E-state index contributed by atoms with van der Waals surface area (Å²) in [7, 11) is 1.56. The number of anilines is 3. The van der Waals surface area contributed by atoms with E-state index in [9.17, 15) is 4.79 Å². The summed E-state index contributed by atoms with van der Waals surface area (Å²) in [5.74, 6) is 1.36. The number of hydrogen-bond acceptors (Lipinski definition) is 6. The van der Waals surface area contributed by atoms with Crippen molar-refractivity contribution in [1.82, 2.24) is 9.97 Å². The first kappa shape index (κ1) is 19.2. The highest BCUT2D eigenvalue weighted by molar-refractivity contribution is 6.04. The Morgan fingerprint density at radius 3 is 2.50 bits per heavy atom. The lowest BCUT2D eigenvalue weighted by molar-refractivity contribution is 0.102. The SMILES string of the molecule is CCOc1ccccc1Nc1ncc(C(=O)Nc2cc(C)ccc2OC)cn1. The van der Waals surface area contributed by atoms with Gasteiger partial charge in [-0.15, -0.1) is 0 Å². The van der Waals surface area contributed by atoms with Gasteiger partial charge in [-0.25, -0.2) is 9.97 Å². The fourth-order valence-corrected chi connectivity index (χ4v) is 2.60. The number of aryl methyl sites for hydroxylation is 1. The zero-order valence-electron chi connectivity index (χ0n) is 16.0. The van der Waals surface area contributed by atoms with Crippen LogP contribution in [0.25, 0.3) is 0 Å². The number of ether oxygens (including phenoxy) is 2. The van der Waals surface area contributed by atoms with Crippen molar-refractivity contribution in [2.24, 2.45) is 0 Å². The first-order valence-corrected chi connectivity index (χ1v) is 8.87. The van der Waals surface area contributed by atoms with Crippen LogP contribution in [-0.2, 0) is 0 Å². The normalized spacial score (nSPS) is 10.2. The highest BCUT2D eigenvalue weighted by Gasteiger charge is 2.12. The number of para-hydroxylation sites is 2. The lowest BCUT2D eigenvalue weighted by Gasteiger charge is -2.12. The Balaban J connectivity index is 1.72. The Bertz CT molecular complexity index is 958. The molecule has 3 aromatic rings. The third-order valence-electron chi connectivity index (χ3n) is 3.95. The molecule has 7 heteroatoms. The average molecular weight is 378 g/mol. The van der Waals surface area contributed by atoms with Gasteiger partial charge in [0.1, 0.15) is 11.5 Å². The number of nitrogens with zero attached hydrogens (tertiary/aromatic N) is 2. The number of benzene rings is 2. The van der Waals surface area contributed by atoms with Gasteiger partial charge in [0.25, 0.3) is 5.91 Å². The molecule has 0 aliphatic rings. The van der Waals surface area contributed by atoms with Gasteiger partial charge in [0.2, 0.25) is 5.95 Å². The van der Waals surface area contributed by atoms with Crippen molar-refractivity contribution < 1.29 is 14.3 Å². The second kappa shape index (κ2) is 8.85. The van der Waals surface area contributed by atoms with Gasteiger partial charge in [0.15, 0.2) is 0 Å². The van der Waals surface area contributed by atoms with Crippen LogP contribution in [0.4, 0.5) is 17.3 Å². The number of amides is 1. The highest BCUT2D eigenvalue weighted by Crippen LogP contribution is 2.27. The van der Waals surface area contributed by atoms with Crippen LogP contribution in [0, 0.1) is 6.92 Å². The molecule has 28 heavy (non-hydrogen) atoms. The molecule has 1 heterocycles. The number of aromatic nitrogens is 2. The van der Waals surface area contributed by atoms with Gasteiger partial charge >= 0.3 is 0 Å². The molecule has 2 N–H and O–H groups in total. The largest absolute Gasteiger partial charge is 0.495 e. The summed E-state index contributed by atoms with van der Waals surface area (Å²) in [5.41, 5.74) is 2.71. The van der Waals surface area contributed by atoms with Crippen LogP contribution in [0.3, 0.4) is 0 Å². The highest BCUT2D eigenvalue weighted by atomic mass is 16.5. The van der Waals surface area contributed by atoms with E-state index in [2.05, 4.69) is 20.6 Å². The zero-order valence-corrected chi connectivity index (χ0v) is 16.0. The molecule has 0 aliphatic carbocycles. The third kappa shape index (κ3) is 4.56. The molecule has 0 fully saturated rings. The number of methoxy groups -OCH3 is 1. The van der Waals surface area contributed by atoms with E-state index in [0.29, 0.717) is 35.3 Å². The van der Waals surface area contributed by atoms with Crippen LogP contribution in [0.1, 0.15) is 22.8 Å². The van der Waals surface area contributed by atoms with Crippen molar-refractivity contribution >= 4 is 23.2 Å². The van der Waals surface area contributed by atoms with Crippen LogP contribution in [0.2, 0.25) is 0 Å². The maximum Gasteiger partial charge on any atom is 0.258 e. The van der Waals surface area contributed by atoms with Crippen LogP contribution in [0.15, 0.2) is 54.9 Å². The van der Waals surface area contributed by atoms with E-state index in [1.807, 2.05) is 56.3 Å². The molecule has 144 valence electrons. The Morgan fingerprint density at radius 2 is 1.79 bits per heavy atom. The van der Waals surface area contributed by atoms with E-state index in [0.717, 1.165) is 11.3 Å². The Morgan fingerprint density at radius 1 is 1.04 bits per heavy atom. The summed E-state index contributed by atoms with van der Waals surface area (Å²) in [6.07, 6.45) is 2.94. The lowest BCUT2D eigenvalue weighted by atomic mass is 10.2. The first-order valence-electron chi connectivity index (χ1n) is 8.87. The first-order chi connectivity index (χ1) is 13.6. The molecule has 0 radical (unpaired) electrons. The molecule has 0 aliphatic heterocycles. The number of carbonyl (C=O) groups is 1. The molecule has 1 amide bonds. The molecule has 0 saturated heterocycles. The molecule has 7 nitrogen and oxygen atoms in total. The summed E-state index contributed by atoms with van der Waals surface area (Å²) in [5, 5.41) is 5.93. The van der Waals surface area contributed by atoms with Gasteiger partial charge in [-0.3, -0.25) is 4.79 Å². The second-order valence-corrected chi connectivity index (χ2v) is 6.01. The number of carbonyl (C=O) groups excluding carboxylic acids is 1. The molecule has 0 unspecified atom stereocenters. The van der Waals surface area contributed by atoms with E-state index in [1.54, 1.807) is 7.11 Å². The summed E-state index contributed by atoms with van der Waals surface area (Å²) in [6, 6.07) is 13.1. The zero-order chi connectivity index (χ0) is 19.9. The van der Waals surface area contributed by atoms with Gasteiger partial charge in [-0.05, 0) is 43.7 Å². The Kier molecular flexibility index (Phi) is 6.06. The maximum absolute atomic E-state index is 12.5. The average Bonchev–Trinajstić information content (AvgIpc) is 2.70. The fraction of sp³-hybridized carbons (Fsp3) is 0.190. The monoisotopic (exact) mass is 378 g/mol. The van der Waals surface area contributed by atoms with Crippen LogP contribution < -0.4 is 20.1 Å². The summed E-state index contributed by atoms with van der Waals surface area (Å²) in [6.45, 7) is 4.42. The summed E-state index contributed by atoms with van der Waals surface area (Å²) in [4.78, 5) is 21.0. The standard InChI is InChI=1S/C21H22N4O3/c1-4-28-19-8-6-5-7-16(19)25-21-22-12-15(13-23-21)20(26)24-17-11-14(2)9-10-18(17)27-3/h5-13H,4H2,1-3H3,(H,24,26)(H,22,23,25). The topological polar surface area (TPSA) is 85.4 Å². The third-order valence-corrected chi connectivity index (χ3v) is 3.95. The number of hydrogen-bond donors (Lipinski definition) is 2. The van der Waals surface area contributed by atoms with E-state index in [-0.39, 0.29) is 5.91 Å². The van der Waals surface area contributed by atoms with Crippen LogP contribution >= 0.6 is 0 Å². The van der Waals surface area contributed by atoms with Gasteiger partial charge in [-0.2, -0.15) is 0 Å². The van der Waals surface area contributed by atoms with Gasteiger partial charge < -0.3 is 20.1 Å². The smallest absolute Gasteiger partial charge is 0.258 e. The quantitative estimate of drug-likeness (QED) is 0.641. The molecule has 0 saturated carbocycles. The second-order valence-electron chi connectivity index (χ2n) is 6.01. The van der Waals surface area contributed by atoms with Gasteiger partial charge in [0.05, 0.1) is 30.7 Å². The number of rotatable bonds is 7. The minimum atomic E-state index is -0.315. The van der Waals surface area contributed by atoms with E-state index in [1.165, 1.54) is 12.4 Å². The van der Waals surface area contributed by atoms with Crippen molar-refractivity contribution in [2.45, 2.75) is 13.8 Å². The summed E-state index contributed by atoms with van der Waals surface area (Å²) >= 11 is 0. The molecule has 0 atom stereocenters. The van der Waals surface area contributed by atoms with Crippen LogP contribution in [-0.4, -0.2) is 29.6 Å². The van der Waals surface area contributed by atoms with E-state index >= 15 is 0 Å². The van der Waals surface area contributed by atoms with Crippen molar-refractivity contribution in [1.29, 1.82) is 0 Å². The fourth-order valence-electron chi connectivity index (χ4n) is 2.60. The molecule has 1 aromatic heterocycles. The minimum absolute atomic E-state index is 0.315. The molecular formula is C21H22N4O3. The van der Waals surface area contributed by atoms with Crippen molar-refractivity contribution in [3.63, 3.8) is 0 Å². The molecule has 2 aromatic carbocycles. The maximum atomic E-state index is 12.5. The van der Waals surface area contributed by atoms with Crippen molar-refractivity contribution in [2.75, 3.05) is 24.4 Å². The van der Waals surface area contributed by atoms with Crippen molar-refractivity contribution in [3.8, 4) is 11.5 Å². The molecule has 0 spiro atoms. The molecule has 0 bridgehead atoms. The minimum Gasteiger partial charge on any atom is -0.495 e. The lowest BCUT2D eigenvalue weighted by Crippen LogP contribution is -2.14. The number of nitrogens with one attached hydrogen (secondary N) is 2. The Labute approximate surface area is 163 Å². The van der Waals surface area contributed by atoms with Crippen LogP contribution in [0.5, 0.6) is 11.5 Å². The van der Waals surface area contributed by atoms with E-state index in [4.69, 9.17) is 9.47 Å². The predicted octanol–water partition coefficient (Wildman–Crippen LogP) is 4.19. The van der Waals surface area contributed by atoms with E-state index < -0.39 is 0 Å². The Hall–Kier alpha value is -3.61. The summed E-state index contributed by atoms with van der Waals surface area (Å²) < 4.78 is 10.9. The van der Waals surface area contributed by atoms with Gasteiger partial charge in [0, 0.05) is 12.4 Å². The predicted molar refractivity (Wildman–Crippen MR) is 109 cm³/mol. The van der Waals surface area contributed by atoms with Crippen molar-refractivity contribution in [3.05, 3.63) is 66.0 Å².